The second-order valence-electron chi connectivity index (χ2n) is 10.2. The predicted octanol–water partition coefficient (Wildman–Crippen LogP) is 5.56. The molecule has 0 aliphatic heterocycles. The quantitative estimate of drug-likeness (QED) is 0.193. The number of sulfonamides is 1. The molecule has 11 nitrogen and oxygen atoms in total. The fourth-order valence-electron chi connectivity index (χ4n) is 4.56. The van der Waals surface area contributed by atoms with Crippen LogP contribution in [-0.4, -0.2) is 72.7 Å². The Bertz CT molecular complexity index is 1640. The number of carbonyl (C=O) groups is 2. The molecule has 0 spiro atoms. The van der Waals surface area contributed by atoms with Crippen molar-refractivity contribution >= 4 is 50.7 Å². The van der Waals surface area contributed by atoms with Crippen LogP contribution >= 0.6 is 23.2 Å². The molecular weight excluding hydrogens is 657 g/mol. The Morgan fingerprint density at radius 2 is 1.52 bits per heavy atom. The lowest BCUT2D eigenvalue weighted by Crippen LogP contribution is -2.51. The molecule has 3 aromatic carbocycles. The highest BCUT2D eigenvalue weighted by molar-refractivity contribution is 7.92. The van der Waals surface area contributed by atoms with Crippen molar-refractivity contribution in [3.05, 3.63) is 70.2 Å². The third-order valence-corrected chi connectivity index (χ3v) is 9.71. The minimum Gasteiger partial charge on any atom is -0.497 e. The number of hydrogen-bond acceptors (Lipinski definition) is 8. The molecule has 0 saturated carbocycles. The van der Waals surface area contributed by atoms with Crippen molar-refractivity contribution in [2.45, 2.75) is 44.2 Å². The van der Waals surface area contributed by atoms with Gasteiger partial charge in [-0.1, -0.05) is 42.6 Å². The van der Waals surface area contributed by atoms with Crippen LogP contribution in [0.1, 0.15) is 32.3 Å². The van der Waals surface area contributed by atoms with E-state index in [1.54, 1.807) is 31.2 Å². The molecule has 250 valence electrons. The summed E-state index contributed by atoms with van der Waals surface area (Å²) in [5, 5.41) is 3.44. The standard InChI is InChI=1S/C32H39Cl2N3O8S/c1-7-8-15-35-32(39)21(2)36(19-22-9-12-25(33)26(34)16-22)31(38)20-37(27-17-23(42-3)10-13-28(27)43-4)46(40,41)24-11-14-29(44-5)30(18-24)45-6/h9-14,16-18,21H,7-8,15,19-20H2,1-6H3,(H,35,39). The number of amides is 2. The van der Waals surface area contributed by atoms with Gasteiger partial charge >= 0.3 is 0 Å². The van der Waals surface area contributed by atoms with Gasteiger partial charge in [-0.05, 0) is 55.3 Å². The van der Waals surface area contributed by atoms with Crippen LogP contribution in [0.5, 0.6) is 23.0 Å². The smallest absolute Gasteiger partial charge is 0.265 e. The second-order valence-corrected chi connectivity index (χ2v) is 12.8. The first-order valence-corrected chi connectivity index (χ1v) is 16.6. The maximum Gasteiger partial charge on any atom is 0.265 e. The van der Waals surface area contributed by atoms with Crippen molar-refractivity contribution in [3.8, 4) is 23.0 Å². The maximum absolute atomic E-state index is 14.4. The molecule has 0 saturated heterocycles. The number of unbranched alkanes of at least 4 members (excludes halogenated alkanes) is 1. The molecular formula is C32H39Cl2N3O8S. The van der Waals surface area contributed by atoms with E-state index in [0.717, 1.165) is 17.1 Å². The minimum absolute atomic E-state index is 0.0412. The van der Waals surface area contributed by atoms with E-state index < -0.39 is 34.4 Å². The van der Waals surface area contributed by atoms with Gasteiger partial charge in [0.05, 0.1) is 49.1 Å². The molecule has 3 aromatic rings. The van der Waals surface area contributed by atoms with Crippen molar-refractivity contribution in [1.82, 2.24) is 10.2 Å². The lowest BCUT2D eigenvalue weighted by molar-refractivity contribution is -0.139. The van der Waals surface area contributed by atoms with E-state index in [9.17, 15) is 18.0 Å². The molecule has 3 rings (SSSR count). The van der Waals surface area contributed by atoms with Crippen LogP contribution in [0.25, 0.3) is 0 Å². The van der Waals surface area contributed by atoms with Crippen LogP contribution in [-0.2, 0) is 26.2 Å². The third-order valence-electron chi connectivity index (χ3n) is 7.21. The largest absolute Gasteiger partial charge is 0.497 e. The topological polar surface area (TPSA) is 124 Å². The molecule has 46 heavy (non-hydrogen) atoms. The number of halogens is 2. The van der Waals surface area contributed by atoms with Crippen LogP contribution < -0.4 is 28.6 Å². The molecule has 1 N–H and O–H groups in total. The zero-order valence-electron chi connectivity index (χ0n) is 26.6. The number of rotatable bonds is 16. The van der Waals surface area contributed by atoms with Crippen LogP contribution in [0.4, 0.5) is 5.69 Å². The Morgan fingerprint density at radius 1 is 0.848 bits per heavy atom. The number of anilines is 1. The second kappa shape index (κ2) is 16.6. The molecule has 0 aromatic heterocycles. The van der Waals surface area contributed by atoms with Gasteiger partial charge in [0.1, 0.15) is 24.1 Å². The summed E-state index contributed by atoms with van der Waals surface area (Å²) < 4.78 is 51.2. The fraction of sp³-hybridized carbons (Fsp3) is 0.375. The minimum atomic E-state index is -4.47. The summed E-state index contributed by atoms with van der Waals surface area (Å²) in [6.45, 7) is 3.24. The van der Waals surface area contributed by atoms with Gasteiger partial charge in [0, 0.05) is 25.2 Å². The normalized spacial score (nSPS) is 11.7. The van der Waals surface area contributed by atoms with Gasteiger partial charge in [0.15, 0.2) is 11.5 Å². The summed E-state index contributed by atoms with van der Waals surface area (Å²) in [7, 11) is 1.16. The SMILES string of the molecule is CCCCNC(=O)C(C)N(Cc1ccc(Cl)c(Cl)c1)C(=O)CN(c1cc(OC)ccc1OC)S(=O)(=O)c1ccc(OC)c(OC)c1. The summed E-state index contributed by atoms with van der Waals surface area (Å²) in [5.41, 5.74) is 0.628. The Labute approximate surface area is 280 Å². The predicted molar refractivity (Wildman–Crippen MR) is 178 cm³/mol. The van der Waals surface area contributed by atoms with E-state index in [4.69, 9.17) is 42.1 Å². The molecule has 0 heterocycles. The van der Waals surface area contributed by atoms with E-state index in [1.807, 2.05) is 6.92 Å². The van der Waals surface area contributed by atoms with Crippen molar-refractivity contribution in [3.63, 3.8) is 0 Å². The van der Waals surface area contributed by atoms with Crippen LogP contribution in [0.3, 0.4) is 0 Å². The lowest BCUT2D eigenvalue weighted by Gasteiger charge is -2.32. The van der Waals surface area contributed by atoms with Gasteiger partial charge in [-0.25, -0.2) is 8.42 Å². The van der Waals surface area contributed by atoms with E-state index in [2.05, 4.69) is 5.32 Å². The van der Waals surface area contributed by atoms with E-state index in [1.165, 1.54) is 63.7 Å². The molecule has 2 amide bonds. The fourth-order valence-corrected chi connectivity index (χ4v) is 6.32. The number of ether oxygens (including phenoxy) is 4. The Kier molecular flexibility index (Phi) is 13.2. The van der Waals surface area contributed by atoms with Crippen molar-refractivity contribution in [2.75, 3.05) is 45.8 Å². The number of methoxy groups -OCH3 is 4. The number of nitrogens with zero attached hydrogens (tertiary/aromatic N) is 2. The number of carbonyl (C=O) groups excluding carboxylic acids is 2. The highest BCUT2D eigenvalue weighted by Crippen LogP contribution is 2.38. The first-order chi connectivity index (χ1) is 21.9. The molecule has 0 bridgehead atoms. The van der Waals surface area contributed by atoms with E-state index in [-0.39, 0.29) is 33.6 Å². The van der Waals surface area contributed by atoms with Gasteiger partial charge in [-0.2, -0.15) is 0 Å². The van der Waals surface area contributed by atoms with Crippen molar-refractivity contribution in [2.24, 2.45) is 0 Å². The Hall–Kier alpha value is -3.87. The first kappa shape index (κ1) is 36.6. The van der Waals surface area contributed by atoms with Crippen LogP contribution in [0.15, 0.2) is 59.5 Å². The lowest BCUT2D eigenvalue weighted by atomic mass is 10.1. The van der Waals surface area contributed by atoms with Gasteiger partial charge in [0.2, 0.25) is 11.8 Å². The van der Waals surface area contributed by atoms with Gasteiger partial charge < -0.3 is 29.2 Å². The zero-order chi connectivity index (χ0) is 34.0. The Balaban J connectivity index is 2.16. The molecule has 1 atom stereocenters. The highest BCUT2D eigenvalue weighted by Gasteiger charge is 2.34. The molecule has 0 radical (unpaired) electrons. The summed E-state index contributed by atoms with van der Waals surface area (Å²) in [5.74, 6) is -0.0794. The van der Waals surface area contributed by atoms with Crippen LogP contribution in [0.2, 0.25) is 10.0 Å². The zero-order valence-corrected chi connectivity index (χ0v) is 29.0. The number of hydrogen-bond donors (Lipinski definition) is 1. The molecule has 14 heteroatoms. The summed E-state index contributed by atoms with van der Waals surface area (Å²) in [6, 6.07) is 12.6. The number of benzene rings is 3. The van der Waals surface area contributed by atoms with Crippen LogP contribution in [0, 0.1) is 0 Å². The molecule has 0 aliphatic rings. The van der Waals surface area contributed by atoms with E-state index in [0.29, 0.717) is 28.6 Å². The third kappa shape index (κ3) is 8.68. The Morgan fingerprint density at radius 3 is 2.13 bits per heavy atom. The van der Waals surface area contributed by atoms with Crippen molar-refractivity contribution < 1.29 is 37.0 Å². The van der Waals surface area contributed by atoms with E-state index >= 15 is 0 Å². The average Bonchev–Trinajstić information content (AvgIpc) is 3.06. The van der Waals surface area contributed by atoms with Crippen molar-refractivity contribution in [1.29, 1.82) is 0 Å². The molecule has 0 fully saturated rings. The highest BCUT2D eigenvalue weighted by atomic mass is 35.5. The van der Waals surface area contributed by atoms with Gasteiger partial charge in [-0.15, -0.1) is 0 Å². The average molecular weight is 697 g/mol. The van der Waals surface area contributed by atoms with Gasteiger partial charge in [0.25, 0.3) is 10.0 Å². The first-order valence-electron chi connectivity index (χ1n) is 14.4. The molecule has 0 aliphatic carbocycles. The monoisotopic (exact) mass is 695 g/mol. The summed E-state index contributed by atoms with van der Waals surface area (Å²) >= 11 is 12.4. The molecule has 1 unspecified atom stereocenters. The maximum atomic E-state index is 14.4. The summed E-state index contributed by atoms with van der Waals surface area (Å²) in [6.07, 6.45) is 1.62. The summed E-state index contributed by atoms with van der Waals surface area (Å²) in [4.78, 5) is 28.6. The number of nitrogens with one attached hydrogen (secondary N) is 1. The van der Waals surface area contributed by atoms with Gasteiger partial charge in [-0.3, -0.25) is 13.9 Å².